The normalized spacial score (nSPS) is 17.2. The van der Waals surface area contributed by atoms with Crippen molar-refractivity contribution >= 4 is 11.6 Å². The number of hydrogen-bond donors (Lipinski definition) is 1. The van der Waals surface area contributed by atoms with Gasteiger partial charge in [0.15, 0.2) is 0 Å². The quantitative estimate of drug-likeness (QED) is 0.933. The number of halogens is 1. The molecule has 3 nitrogen and oxygen atoms in total. The van der Waals surface area contributed by atoms with Crippen LogP contribution in [-0.2, 0) is 18.9 Å². The Morgan fingerprint density at radius 1 is 1.37 bits per heavy atom. The Labute approximate surface area is 118 Å². The van der Waals surface area contributed by atoms with E-state index in [1.54, 1.807) is 0 Å². The molecule has 4 heteroatoms. The van der Waals surface area contributed by atoms with Crippen molar-refractivity contribution in [2.45, 2.75) is 18.8 Å². The van der Waals surface area contributed by atoms with Gasteiger partial charge in [0.05, 0.1) is 5.69 Å². The van der Waals surface area contributed by atoms with E-state index in [9.17, 15) is 0 Å². The standard InChI is InChI=1S/C15H18ClN3/c1-11-7-12(19(2)18-11)8-15(9-17-10-15)13-5-3-4-6-14(13)16/h3-7,17H,8-10H2,1-2H3. The van der Waals surface area contributed by atoms with Crippen molar-refractivity contribution in [1.82, 2.24) is 15.1 Å². The maximum absolute atomic E-state index is 6.38. The lowest BCUT2D eigenvalue weighted by molar-refractivity contribution is 0.270. The van der Waals surface area contributed by atoms with Crippen LogP contribution in [0.25, 0.3) is 0 Å². The van der Waals surface area contributed by atoms with E-state index in [-0.39, 0.29) is 5.41 Å². The van der Waals surface area contributed by atoms with Gasteiger partial charge >= 0.3 is 0 Å². The molecule has 1 fully saturated rings. The zero-order valence-corrected chi connectivity index (χ0v) is 12.0. The summed E-state index contributed by atoms with van der Waals surface area (Å²) in [6, 6.07) is 10.3. The fourth-order valence-corrected chi connectivity index (χ4v) is 3.24. The summed E-state index contributed by atoms with van der Waals surface area (Å²) in [6.45, 7) is 3.98. The Bertz CT molecular complexity index is 599. The average Bonchev–Trinajstić information content (AvgIpc) is 2.63. The van der Waals surface area contributed by atoms with Crippen molar-refractivity contribution in [3.8, 4) is 0 Å². The summed E-state index contributed by atoms with van der Waals surface area (Å²) in [4.78, 5) is 0. The van der Waals surface area contributed by atoms with E-state index < -0.39 is 0 Å². The molecule has 1 aliphatic rings. The summed E-state index contributed by atoms with van der Waals surface area (Å²) in [6.07, 6.45) is 0.973. The lowest BCUT2D eigenvalue weighted by Crippen LogP contribution is -2.58. The third-order valence-corrected chi connectivity index (χ3v) is 4.32. The first-order chi connectivity index (χ1) is 9.11. The Kier molecular flexibility index (Phi) is 3.11. The highest BCUT2D eigenvalue weighted by Gasteiger charge is 2.40. The molecule has 1 saturated heterocycles. The predicted molar refractivity (Wildman–Crippen MR) is 77.6 cm³/mol. The molecule has 0 spiro atoms. The van der Waals surface area contributed by atoms with Crippen LogP contribution in [0.3, 0.4) is 0 Å². The summed E-state index contributed by atoms with van der Waals surface area (Å²) in [5.41, 5.74) is 3.69. The van der Waals surface area contributed by atoms with Gasteiger partial charge < -0.3 is 5.32 Å². The summed E-state index contributed by atoms with van der Waals surface area (Å²) in [7, 11) is 2.01. The molecule has 3 rings (SSSR count). The SMILES string of the molecule is Cc1cc(CC2(c3ccccc3Cl)CNC2)n(C)n1. The first-order valence-corrected chi connectivity index (χ1v) is 6.94. The van der Waals surface area contributed by atoms with Crippen LogP contribution < -0.4 is 5.32 Å². The molecule has 0 bridgehead atoms. The second-order valence-electron chi connectivity index (χ2n) is 5.44. The van der Waals surface area contributed by atoms with Crippen molar-refractivity contribution in [3.05, 3.63) is 52.3 Å². The van der Waals surface area contributed by atoms with E-state index in [0.29, 0.717) is 0 Å². The predicted octanol–water partition coefficient (Wildman–Crippen LogP) is 2.47. The molecule has 100 valence electrons. The molecule has 1 aromatic heterocycles. The van der Waals surface area contributed by atoms with Gasteiger partial charge in [0.1, 0.15) is 0 Å². The smallest absolute Gasteiger partial charge is 0.0596 e. The minimum Gasteiger partial charge on any atom is -0.315 e. The third kappa shape index (κ3) is 2.17. The fourth-order valence-electron chi connectivity index (χ4n) is 2.91. The van der Waals surface area contributed by atoms with Gasteiger partial charge in [-0.05, 0) is 24.6 Å². The Hall–Kier alpha value is -1.32. The molecule has 0 amide bonds. The topological polar surface area (TPSA) is 29.9 Å². The number of rotatable bonds is 3. The van der Waals surface area contributed by atoms with Crippen molar-refractivity contribution in [2.75, 3.05) is 13.1 Å². The summed E-state index contributed by atoms with van der Waals surface area (Å²) in [5.74, 6) is 0. The maximum Gasteiger partial charge on any atom is 0.0596 e. The largest absolute Gasteiger partial charge is 0.315 e. The number of aromatic nitrogens is 2. The molecular weight excluding hydrogens is 258 g/mol. The summed E-state index contributed by atoms with van der Waals surface area (Å²) < 4.78 is 1.98. The summed E-state index contributed by atoms with van der Waals surface area (Å²) in [5, 5.41) is 8.68. The van der Waals surface area contributed by atoms with Crippen LogP contribution in [0.15, 0.2) is 30.3 Å². The zero-order valence-electron chi connectivity index (χ0n) is 11.3. The average molecular weight is 276 g/mol. The second-order valence-corrected chi connectivity index (χ2v) is 5.85. The van der Waals surface area contributed by atoms with Crippen LogP contribution in [0, 0.1) is 6.92 Å². The molecule has 0 radical (unpaired) electrons. The number of nitrogens with zero attached hydrogens (tertiary/aromatic N) is 2. The summed E-state index contributed by atoms with van der Waals surface area (Å²) >= 11 is 6.38. The lowest BCUT2D eigenvalue weighted by atomic mass is 9.72. The first-order valence-electron chi connectivity index (χ1n) is 6.56. The van der Waals surface area contributed by atoms with E-state index in [0.717, 1.165) is 30.2 Å². The van der Waals surface area contributed by atoms with Gasteiger partial charge in [0, 0.05) is 42.7 Å². The van der Waals surface area contributed by atoms with Gasteiger partial charge in [-0.3, -0.25) is 4.68 Å². The molecule has 2 aromatic rings. The van der Waals surface area contributed by atoms with Crippen LogP contribution >= 0.6 is 11.6 Å². The second kappa shape index (κ2) is 4.66. The highest BCUT2D eigenvalue weighted by molar-refractivity contribution is 6.31. The van der Waals surface area contributed by atoms with Gasteiger partial charge in [-0.25, -0.2) is 0 Å². The monoisotopic (exact) mass is 275 g/mol. The maximum atomic E-state index is 6.38. The number of aryl methyl sites for hydroxylation is 2. The molecule has 19 heavy (non-hydrogen) atoms. The fraction of sp³-hybridized carbons (Fsp3) is 0.400. The van der Waals surface area contributed by atoms with E-state index in [2.05, 4.69) is 28.6 Å². The van der Waals surface area contributed by atoms with Crippen LogP contribution in [0.5, 0.6) is 0 Å². The van der Waals surface area contributed by atoms with E-state index in [1.165, 1.54) is 11.3 Å². The molecule has 0 unspecified atom stereocenters. The zero-order chi connectivity index (χ0) is 13.5. The molecule has 1 aromatic carbocycles. The third-order valence-electron chi connectivity index (χ3n) is 3.99. The van der Waals surface area contributed by atoms with Gasteiger partial charge in [0.2, 0.25) is 0 Å². The van der Waals surface area contributed by atoms with E-state index in [1.807, 2.05) is 30.8 Å². The van der Waals surface area contributed by atoms with Gasteiger partial charge in [0.25, 0.3) is 0 Å². The number of hydrogen-bond acceptors (Lipinski definition) is 2. The molecule has 2 heterocycles. The number of benzene rings is 1. The van der Waals surface area contributed by atoms with E-state index >= 15 is 0 Å². The molecule has 0 atom stereocenters. The van der Waals surface area contributed by atoms with Crippen molar-refractivity contribution in [1.29, 1.82) is 0 Å². The van der Waals surface area contributed by atoms with Crippen molar-refractivity contribution in [3.63, 3.8) is 0 Å². The van der Waals surface area contributed by atoms with Gasteiger partial charge in [-0.2, -0.15) is 5.10 Å². The minimum absolute atomic E-state index is 0.110. The molecule has 1 N–H and O–H groups in total. The molecular formula is C15H18ClN3. The van der Waals surface area contributed by atoms with Crippen LogP contribution in [0.4, 0.5) is 0 Å². The Balaban J connectivity index is 1.96. The highest BCUT2D eigenvalue weighted by atomic mass is 35.5. The highest BCUT2D eigenvalue weighted by Crippen LogP contribution is 2.36. The molecule has 0 aliphatic carbocycles. The lowest BCUT2D eigenvalue weighted by Gasteiger charge is -2.43. The number of nitrogens with one attached hydrogen (secondary N) is 1. The van der Waals surface area contributed by atoms with Crippen LogP contribution in [0.1, 0.15) is 17.0 Å². The minimum atomic E-state index is 0.110. The Morgan fingerprint density at radius 3 is 2.63 bits per heavy atom. The van der Waals surface area contributed by atoms with Crippen LogP contribution in [0.2, 0.25) is 5.02 Å². The Morgan fingerprint density at radius 2 is 2.11 bits per heavy atom. The van der Waals surface area contributed by atoms with Gasteiger partial charge in [-0.15, -0.1) is 0 Å². The van der Waals surface area contributed by atoms with Gasteiger partial charge in [-0.1, -0.05) is 29.8 Å². The van der Waals surface area contributed by atoms with Crippen molar-refractivity contribution in [2.24, 2.45) is 7.05 Å². The first kappa shape index (κ1) is 12.7. The molecule has 0 saturated carbocycles. The van der Waals surface area contributed by atoms with Crippen LogP contribution in [-0.4, -0.2) is 22.9 Å². The van der Waals surface area contributed by atoms with Crippen molar-refractivity contribution < 1.29 is 0 Å². The van der Waals surface area contributed by atoms with E-state index in [4.69, 9.17) is 11.6 Å². The molecule has 1 aliphatic heterocycles.